The van der Waals surface area contributed by atoms with Crippen molar-refractivity contribution in [1.82, 2.24) is 9.97 Å². The van der Waals surface area contributed by atoms with Crippen LogP contribution in [0.5, 0.6) is 0 Å². The van der Waals surface area contributed by atoms with Crippen LogP contribution < -0.4 is 0 Å². The molecule has 0 saturated carbocycles. The number of allylic oxidation sites excluding steroid dienone is 1. The Bertz CT molecular complexity index is 751. The van der Waals surface area contributed by atoms with Gasteiger partial charge in [-0.2, -0.15) is 0 Å². The zero-order valence-electron chi connectivity index (χ0n) is 11.9. The minimum Gasteiger partial charge on any atom is -0.358 e. The van der Waals surface area contributed by atoms with Crippen LogP contribution in [0.15, 0.2) is 54.9 Å². The summed E-state index contributed by atoms with van der Waals surface area (Å²) < 4.78 is 0. The predicted molar refractivity (Wildman–Crippen MR) is 84.7 cm³/mol. The summed E-state index contributed by atoms with van der Waals surface area (Å²) in [7, 11) is 0. The molecule has 0 aliphatic rings. The molecule has 1 N–H and O–H groups in total. The maximum Gasteiger partial charge on any atom is 0.0462 e. The van der Waals surface area contributed by atoms with Crippen LogP contribution in [0.2, 0.25) is 0 Å². The lowest BCUT2D eigenvalue weighted by molar-refractivity contribution is 1.07. The van der Waals surface area contributed by atoms with Crippen LogP contribution >= 0.6 is 0 Å². The van der Waals surface area contributed by atoms with Crippen molar-refractivity contribution in [2.45, 2.75) is 20.3 Å². The molecule has 0 radical (unpaired) electrons. The minimum absolute atomic E-state index is 0.988. The first-order valence-corrected chi connectivity index (χ1v) is 7.01. The molecule has 2 heterocycles. The first-order chi connectivity index (χ1) is 9.85. The van der Waals surface area contributed by atoms with E-state index in [9.17, 15) is 0 Å². The Hall–Kier alpha value is -2.35. The van der Waals surface area contributed by atoms with Gasteiger partial charge in [0.15, 0.2) is 0 Å². The normalized spacial score (nSPS) is 12.0. The predicted octanol–water partition coefficient (Wildman–Crippen LogP) is 4.58. The maximum absolute atomic E-state index is 4.25. The van der Waals surface area contributed by atoms with Crippen LogP contribution in [0.1, 0.15) is 30.7 Å². The van der Waals surface area contributed by atoms with Gasteiger partial charge < -0.3 is 4.98 Å². The van der Waals surface area contributed by atoms with E-state index in [1.165, 1.54) is 27.7 Å². The van der Waals surface area contributed by atoms with Crippen molar-refractivity contribution in [3.8, 4) is 0 Å². The fourth-order valence-corrected chi connectivity index (χ4v) is 2.75. The molecule has 0 bridgehead atoms. The summed E-state index contributed by atoms with van der Waals surface area (Å²) in [6.07, 6.45) is 6.90. The number of aryl methyl sites for hydroxylation is 1. The molecular formula is C18H18N2. The highest BCUT2D eigenvalue weighted by molar-refractivity contribution is 5.98. The third kappa shape index (κ3) is 2.03. The van der Waals surface area contributed by atoms with Gasteiger partial charge in [-0.25, -0.2) is 0 Å². The highest BCUT2D eigenvalue weighted by atomic mass is 14.7. The number of fused-ring (bicyclic) bond motifs is 1. The maximum atomic E-state index is 4.25. The van der Waals surface area contributed by atoms with Crippen molar-refractivity contribution in [3.05, 3.63) is 71.7 Å². The number of pyridine rings is 1. The minimum atomic E-state index is 0.988. The van der Waals surface area contributed by atoms with Crippen LogP contribution in [-0.2, 0) is 6.42 Å². The highest BCUT2D eigenvalue weighted by Crippen LogP contribution is 2.33. The van der Waals surface area contributed by atoms with E-state index in [-0.39, 0.29) is 0 Å². The first-order valence-electron chi connectivity index (χ1n) is 7.01. The Morgan fingerprint density at radius 2 is 2.05 bits per heavy atom. The van der Waals surface area contributed by atoms with Gasteiger partial charge >= 0.3 is 0 Å². The van der Waals surface area contributed by atoms with Gasteiger partial charge in [-0.1, -0.05) is 37.3 Å². The Labute approximate surface area is 119 Å². The van der Waals surface area contributed by atoms with Gasteiger partial charge in [0.1, 0.15) is 0 Å². The fraction of sp³-hybridized carbons (Fsp3) is 0.167. The number of hydrogen-bond acceptors (Lipinski definition) is 1. The number of nitrogens with one attached hydrogen (secondary N) is 1. The molecule has 2 aromatic heterocycles. The van der Waals surface area contributed by atoms with Crippen molar-refractivity contribution < 1.29 is 0 Å². The van der Waals surface area contributed by atoms with Gasteiger partial charge in [-0.3, -0.25) is 4.98 Å². The van der Waals surface area contributed by atoms with Crippen molar-refractivity contribution in [1.29, 1.82) is 0 Å². The highest BCUT2D eigenvalue weighted by Gasteiger charge is 2.14. The Balaban J connectivity index is 2.27. The largest absolute Gasteiger partial charge is 0.358 e. The number of aromatic nitrogens is 2. The number of benzene rings is 1. The van der Waals surface area contributed by atoms with Gasteiger partial charge in [0.25, 0.3) is 0 Å². The molecule has 0 spiro atoms. The number of hydrogen-bond donors (Lipinski definition) is 1. The molecule has 3 rings (SSSR count). The van der Waals surface area contributed by atoms with E-state index >= 15 is 0 Å². The van der Waals surface area contributed by atoms with Gasteiger partial charge in [-0.15, -0.1) is 0 Å². The van der Waals surface area contributed by atoms with Gasteiger partial charge in [0.05, 0.1) is 0 Å². The third-order valence-corrected chi connectivity index (χ3v) is 3.67. The van der Waals surface area contributed by atoms with Crippen molar-refractivity contribution in [2.75, 3.05) is 0 Å². The quantitative estimate of drug-likeness (QED) is 0.735. The molecule has 2 heteroatoms. The Kier molecular flexibility index (Phi) is 3.38. The van der Waals surface area contributed by atoms with E-state index in [1.807, 2.05) is 18.5 Å². The summed E-state index contributed by atoms with van der Waals surface area (Å²) in [5, 5.41) is 1.28. The summed E-state index contributed by atoms with van der Waals surface area (Å²) in [6.45, 7) is 4.27. The standard InChI is InChI=1S/C18H18N2/c1-3-14(13-8-7-11-19-12-13)18-15-9-5-6-10-17(15)20-16(18)4-2/h3,5-12,20H,4H2,1-2H3/b14-3-. The molecule has 0 amide bonds. The van der Waals surface area contributed by atoms with E-state index in [1.54, 1.807) is 0 Å². The van der Waals surface area contributed by atoms with Crippen molar-refractivity contribution in [2.24, 2.45) is 0 Å². The van der Waals surface area contributed by atoms with Crippen LogP contribution in [0.3, 0.4) is 0 Å². The van der Waals surface area contributed by atoms with Crippen LogP contribution in [0.4, 0.5) is 0 Å². The number of aromatic amines is 1. The number of H-pyrrole nitrogens is 1. The Morgan fingerprint density at radius 3 is 2.75 bits per heavy atom. The Morgan fingerprint density at radius 1 is 1.20 bits per heavy atom. The second kappa shape index (κ2) is 5.33. The second-order valence-corrected chi connectivity index (χ2v) is 4.82. The molecule has 3 aromatic rings. The van der Waals surface area contributed by atoms with Gasteiger partial charge in [-0.05, 0) is 31.1 Å². The topological polar surface area (TPSA) is 28.7 Å². The smallest absolute Gasteiger partial charge is 0.0462 e. The zero-order valence-corrected chi connectivity index (χ0v) is 11.9. The molecule has 0 fully saturated rings. The third-order valence-electron chi connectivity index (χ3n) is 3.67. The number of nitrogens with zero attached hydrogens (tertiary/aromatic N) is 1. The van der Waals surface area contributed by atoms with E-state index < -0.39 is 0 Å². The zero-order chi connectivity index (χ0) is 13.9. The lowest BCUT2D eigenvalue weighted by atomic mass is 9.95. The molecule has 0 atom stereocenters. The molecule has 2 nitrogen and oxygen atoms in total. The van der Waals surface area contributed by atoms with E-state index in [2.05, 4.69) is 60.2 Å². The second-order valence-electron chi connectivity index (χ2n) is 4.82. The summed E-state index contributed by atoms with van der Waals surface area (Å²) in [4.78, 5) is 7.79. The summed E-state index contributed by atoms with van der Waals surface area (Å²) >= 11 is 0. The number of para-hydroxylation sites is 1. The fourth-order valence-electron chi connectivity index (χ4n) is 2.75. The summed E-state index contributed by atoms with van der Waals surface area (Å²) in [5.41, 5.74) is 6.19. The SMILES string of the molecule is C/C=C(/c1cccnc1)c1c(CC)[nH]c2ccccc12. The van der Waals surface area contributed by atoms with Crippen LogP contribution in [-0.4, -0.2) is 9.97 Å². The average molecular weight is 262 g/mol. The average Bonchev–Trinajstić information content (AvgIpc) is 2.88. The van der Waals surface area contributed by atoms with E-state index in [0.29, 0.717) is 0 Å². The first kappa shape index (κ1) is 12.7. The van der Waals surface area contributed by atoms with Gasteiger partial charge in [0.2, 0.25) is 0 Å². The molecule has 0 saturated heterocycles. The summed E-state index contributed by atoms with van der Waals surface area (Å²) in [5.74, 6) is 0. The molecule has 100 valence electrons. The monoisotopic (exact) mass is 262 g/mol. The lowest BCUT2D eigenvalue weighted by Crippen LogP contribution is -1.92. The van der Waals surface area contributed by atoms with Crippen LogP contribution in [0, 0.1) is 0 Å². The molecule has 0 unspecified atom stereocenters. The van der Waals surface area contributed by atoms with Crippen LogP contribution in [0.25, 0.3) is 16.5 Å². The van der Waals surface area contributed by atoms with Crippen molar-refractivity contribution in [3.63, 3.8) is 0 Å². The molecule has 1 aromatic carbocycles. The summed E-state index contributed by atoms with van der Waals surface area (Å²) in [6, 6.07) is 12.6. The molecule has 20 heavy (non-hydrogen) atoms. The number of rotatable bonds is 3. The molecular weight excluding hydrogens is 244 g/mol. The van der Waals surface area contributed by atoms with Crippen molar-refractivity contribution >= 4 is 16.5 Å². The van der Waals surface area contributed by atoms with E-state index in [0.717, 1.165) is 12.0 Å². The molecule has 0 aliphatic carbocycles. The van der Waals surface area contributed by atoms with Gasteiger partial charge in [0, 0.05) is 40.1 Å². The lowest BCUT2D eigenvalue weighted by Gasteiger charge is -2.09. The van der Waals surface area contributed by atoms with E-state index in [4.69, 9.17) is 0 Å². The molecule has 0 aliphatic heterocycles.